The van der Waals surface area contributed by atoms with E-state index in [2.05, 4.69) is 37.9 Å². The van der Waals surface area contributed by atoms with Crippen LogP contribution in [0.5, 0.6) is 0 Å². The van der Waals surface area contributed by atoms with Crippen molar-refractivity contribution in [2.45, 2.75) is 15.9 Å². The molecule has 0 saturated carbocycles. The molecule has 7 heteroatoms. The summed E-state index contributed by atoms with van der Waals surface area (Å²) in [5, 5.41) is 0. The summed E-state index contributed by atoms with van der Waals surface area (Å²) >= 11 is 12.7. The zero-order valence-corrected chi connectivity index (χ0v) is 11.8. The molecule has 0 aromatic rings. The van der Waals surface area contributed by atoms with Gasteiger partial charge in [0, 0.05) is 21.3 Å². The lowest BCUT2D eigenvalue weighted by atomic mass is 10.5. The van der Waals surface area contributed by atoms with Crippen molar-refractivity contribution in [3.63, 3.8) is 0 Å². The van der Waals surface area contributed by atoms with Crippen molar-refractivity contribution >= 4 is 46.7 Å². The Morgan fingerprint density at radius 3 is 1.38 bits per heavy atom. The molecule has 0 rings (SSSR count). The Hall–Kier alpha value is 1.15. The van der Waals surface area contributed by atoms with Crippen molar-refractivity contribution in [3.05, 3.63) is 0 Å². The second-order valence-corrected chi connectivity index (χ2v) is 9.10. The average molecular weight is 260 g/mol. The van der Waals surface area contributed by atoms with Gasteiger partial charge in [-0.25, -0.2) is 0 Å². The van der Waals surface area contributed by atoms with Crippen molar-refractivity contribution in [1.29, 1.82) is 0 Å². The quantitative estimate of drug-likeness (QED) is 0.399. The highest BCUT2D eigenvalue weighted by atomic mass is 32.2. The van der Waals surface area contributed by atoms with Gasteiger partial charge in [-0.2, -0.15) is 37.9 Å². The van der Waals surface area contributed by atoms with Crippen LogP contribution in [-0.4, -0.2) is 33.5 Å². The van der Waals surface area contributed by atoms with E-state index in [9.17, 15) is 0 Å². The summed E-state index contributed by atoms with van der Waals surface area (Å²) in [7, 11) is 1.97. The summed E-state index contributed by atoms with van der Waals surface area (Å²) in [6.45, 7) is 1.88. The first-order valence-electron chi connectivity index (χ1n) is 3.66. The van der Waals surface area contributed by atoms with Gasteiger partial charge in [0.25, 0.3) is 0 Å². The summed E-state index contributed by atoms with van der Waals surface area (Å²) in [4.78, 5) is 0. The summed E-state index contributed by atoms with van der Waals surface area (Å²) in [5.74, 6) is 0. The molecule has 0 radical (unpaired) electrons. The van der Waals surface area contributed by atoms with Gasteiger partial charge in [-0.15, -0.1) is 0 Å². The molecule has 0 saturated heterocycles. The summed E-state index contributed by atoms with van der Waals surface area (Å²) in [6, 6.07) is 0. The predicted octanol–water partition coefficient (Wildman–Crippen LogP) is 1.70. The molecular weight excluding hydrogens is 244 g/mol. The van der Waals surface area contributed by atoms with E-state index in [0.717, 1.165) is 0 Å². The highest BCUT2D eigenvalue weighted by Gasteiger charge is 2.51. The number of hydrogen-bond acceptors (Lipinski definition) is 6. The predicted molar refractivity (Wildman–Crippen MR) is 65.9 cm³/mol. The maximum Gasteiger partial charge on any atom is 0.506 e. The summed E-state index contributed by atoms with van der Waals surface area (Å²) in [6.07, 6.45) is 0. The van der Waals surface area contributed by atoms with E-state index in [1.54, 1.807) is 21.3 Å². The molecule has 0 fully saturated rings. The van der Waals surface area contributed by atoms with E-state index in [1.807, 2.05) is 6.92 Å². The third-order valence-electron chi connectivity index (χ3n) is 1.96. The molecule has 0 spiro atoms. The third-order valence-corrected chi connectivity index (χ3v) is 7.06. The summed E-state index contributed by atoms with van der Waals surface area (Å²) in [5.41, 5.74) is -0.130. The van der Waals surface area contributed by atoms with Gasteiger partial charge in [-0.05, 0) is 0 Å². The van der Waals surface area contributed by atoms with Crippen molar-refractivity contribution in [2.24, 2.45) is 0 Å². The van der Waals surface area contributed by atoms with Crippen LogP contribution in [0.25, 0.3) is 0 Å². The molecule has 0 aliphatic heterocycles. The molecule has 80 valence electrons. The number of rotatable bonds is 5. The molecule has 0 heterocycles. The summed E-state index contributed by atoms with van der Waals surface area (Å²) < 4.78 is 15.0. The normalized spacial score (nSPS) is 15.9. The molecule has 13 heavy (non-hydrogen) atoms. The van der Waals surface area contributed by atoms with Crippen molar-refractivity contribution < 1.29 is 13.3 Å². The minimum atomic E-state index is -2.69. The van der Waals surface area contributed by atoms with Gasteiger partial charge in [0.1, 0.15) is 3.41 Å². The van der Waals surface area contributed by atoms with E-state index < -0.39 is 12.2 Å². The molecule has 1 atom stereocenters. The fourth-order valence-corrected chi connectivity index (χ4v) is 4.48. The van der Waals surface area contributed by atoms with E-state index >= 15 is 0 Å². The Labute approximate surface area is 97.1 Å². The van der Waals surface area contributed by atoms with Crippen LogP contribution in [0.3, 0.4) is 0 Å². The number of hydrogen-bond donors (Lipinski definition) is 3. The van der Waals surface area contributed by atoms with Gasteiger partial charge in [0.05, 0.1) is 5.54 Å². The zero-order chi connectivity index (χ0) is 10.7. The molecular formula is C6H16O3S3Si. The SMILES string of the molecule is CO[Si](OC)(OC)C(C)C(S)(S)S. The van der Waals surface area contributed by atoms with Gasteiger partial charge in [-0.3, -0.25) is 0 Å². The Morgan fingerprint density at radius 1 is 1.00 bits per heavy atom. The Morgan fingerprint density at radius 2 is 1.31 bits per heavy atom. The van der Waals surface area contributed by atoms with Crippen LogP contribution in [0.1, 0.15) is 6.92 Å². The first kappa shape index (κ1) is 14.1. The van der Waals surface area contributed by atoms with Crippen molar-refractivity contribution in [2.75, 3.05) is 21.3 Å². The fraction of sp³-hybridized carbons (Fsp3) is 1.00. The van der Waals surface area contributed by atoms with Gasteiger partial charge in [0.15, 0.2) is 0 Å². The second-order valence-electron chi connectivity index (χ2n) is 2.62. The maximum absolute atomic E-state index is 5.27. The first-order chi connectivity index (χ1) is 5.84. The van der Waals surface area contributed by atoms with Crippen molar-refractivity contribution in [1.82, 2.24) is 0 Å². The molecule has 0 amide bonds. The smallest absolute Gasteiger partial charge is 0.377 e. The van der Waals surface area contributed by atoms with Crippen LogP contribution in [0.4, 0.5) is 0 Å². The molecule has 0 N–H and O–H groups in total. The second kappa shape index (κ2) is 5.29. The van der Waals surface area contributed by atoms with Crippen LogP contribution in [0.2, 0.25) is 5.54 Å². The van der Waals surface area contributed by atoms with Gasteiger partial charge < -0.3 is 13.3 Å². The Balaban J connectivity index is 4.73. The highest BCUT2D eigenvalue weighted by Crippen LogP contribution is 2.43. The lowest BCUT2D eigenvalue weighted by molar-refractivity contribution is 0.114. The fourth-order valence-electron chi connectivity index (χ4n) is 1.02. The molecule has 0 aromatic carbocycles. The molecule has 0 aromatic heterocycles. The highest BCUT2D eigenvalue weighted by molar-refractivity contribution is 8.17. The minimum absolute atomic E-state index is 0.130. The first-order valence-corrected chi connectivity index (χ1v) is 6.81. The third kappa shape index (κ3) is 3.33. The standard InChI is InChI=1S/C6H16O3S3Si/c1-5(6(10,11)12)13(7-2,8-3)9-4/h5,10-12H,1-4H3. The minimum Gasteiger partial charge on any atom is -0.377 e. The zero-order valence-electron chi connectivity index (χ0n) is 8.14. The molecule has 1 unspecified atom stereocenters. The Bertz CT molecular complexity index is 149. The largest absolute Gasteiger partial charge is 0.506 e. The van der Waals surface area contributed by atoms with Crippen LogP contribution >= 0.6 is 37.9 Å². The van der Waals surface area contributed by atoms with Crippen LogP contribution in [-0.2, 0) is 13.3 Å². The van der Waals surface area contributed by atoms with Gasteiger partial charge in [0.2, 0.25) is 0 Å². The maximum atomic E-state index is 5.27. The number of thiol groups is 3. The lowest BCUT2D eigenvalue weighted by Crippen LogP contribution is -2.50. The van der Waals surface area contributed by atoms with Crippen LogP contribution in [0.15, 0.2) is 0 Å². The molecule has 0 bridgehead atoms. The van der Waals surface area contributed by atoms with E-state index in [4.69, 9.17) is 13.3 Å². The van der Waals surface area contributed by atoms with Crippen LogP contribution < -0.4 is 0 Å². The lowest BCUT2D eigenvalue weighted by Gasteiger charge is -2.35. The van der Waals surface area contributed by atoms with Gasteiger partial charge >= 0.3 is 8.80 Å². The van der Waals surface area contributed by atoms with E-state index in [-0.39, 0.29) is 5.54 Å². The molecule has 0 aliphatic rings. The van der Waals surface area contributed by atoms with E-state index in [0.29, 0.717) is 0 Å². The Kier molecular flexibility index (Phi) is 5.76. The molecule has 0 aliphatic carbocycles. The van der Waals surface area contributed by atoms with Crippen molar-refractivity contribution in [3.8, 4) is 0 Å². The average Bonchev–Trinajstić information content (AvgIpc) is 2.07. The topological polar surface area (TPSA) is 27.7 Å². The monoisotopic (exact) mass is 260 g/mol. The van der Waals surface area contributed by atoms with Crippen LogP contribution in [0, 0.1) is 0 Å². The van der Waals surface area contributed by atoms with E-state index in [1.165, 1.54) is 0 Å². The van der Waals surface area contributed by atoms with Gasteiger partial charge in [-0.1, -0.05) is 6.92 Å². The molecule has 3 nitrogen and oxygen atoms in total.